The smallest absolute Gasteiger partial charge is 0.253 e. The van der Waals surface area contributed by atoms with Gasteiger partial charge in [-0.05, 0) is 37.0 Å². The highest BCUT2D eigenvalue weighted by molar-refractivity contribution is 5.95. The zero-order valence-electron chi connectivity index (χ0n) is 11.2. The van der Waals surface area contributed by atoms with Crippen molar-refractivity contribution in [2.75, 3.05) is 32.5 Å². The molecule has 0 saturated carbocycles. The molecular formula is C14H21ClN2O2. The van der Waals surface area contributed by atoms with Gasteiger partial charge in [0.15, 0.2) is 0 Å². The quantitative estimate of drug-likeness (QED) is 0.866. The number of nitrogens with two attached hydrogens (primary N) is 1. The van der Waals surface area contributed by atoms with Gasteiger partial charge in [0.05, 0.1) is 6.61 Å². The van der Waals surface area contributed by atoms with Crippen molar-refractivity contribution in [2.24, 2.45) is 5.92 Å². The molecule has 1 fully saturated rings. The summed E-state index contributed by atoms with van der Waals surface area (Å²) in [6.07, 6.45) is 2.18. The Labute approximate surface area is 120 Å². The number of benzene rings is 1. The van der Waals surface area contributed by atoms with E-state index in [-0.39, 0.29) is 18.3 Å². The van der Waals surface area contributed by atoms with Gasteiger partial charge in [-0.25, -0.2) is 0 Å². The minimum atomic E-state index is 0. The molecule has 2 N–H and O–H groups in total. The molecule has 4 nitrogen and oxygen atoms in total. The number of ether oxygens (including phenoxy) is 1. The van der Waals surface area contributed by atoms with Crippen molar-refractivity contribution < 1.29 is 9.53 Å². The Morgan fingerprint density at radius 1 is 1.53 bits per heavy atom. The fourth-order valence-corrected chi connectivity index (χ4v) is 2.48. The topological polar surface area (TPSA) is 55.6 Å². The number of methoxy groups -OCH3 is 1. The van der Waals surface area contributed by atoms with Gasteiger partial charge in [0.1, 0.15) is 0 Å². The summed E-state index contributed by atoms with van der Waals surface area (Å²) >= 11 is 0. The fourth-order valence-electron chi connectivity index (χ4n) is 2.48. The number of rotatable bonds is 3. The monoisotopic (exact) mass is 284 g/mol. The van der Waals surface area contributed by atoms with Gasteiger partial charge < -0.3 is 15.4 Å². The summed E-state index contributed by atoms with van der Waals surface area (Å²) in [5, 5.41) is 0. The number of carbonyl (C=O) groups is 1. The molecule has 1 aliphatic heterocycles. The highest BCUT2D eigenvalue weighted by Gasteiger charge is 2.24. The number of hydrogen-bond acceptors (Lipinski definition) is 3. The van der Waals surface area contributed by atoms with Crippen LogP contribution in [0.15, 0.2) is 24.3 Å². The Kier molecular flexibility index (Phi) is 6.12. The Balaban J connectivity index is 0.00000180. The van der Waals surface area contributed by atoms with E-state index in [9.17, 15) is 4.79 Å². The van der Waals surface area contributed by atoms with E-state index in [1.54, 1.807) is 19.2 Å². The van der Waals surface area contributed by atoms with Gasteiger partial charge in [-0.2, -0.15) is 0 Å². The Bertz CT molecular complexity index is 424. The van der Waals surface area contributed by atoms with Crippen LogP contribution in [-0.2, 0) is 4.74 Å². The Hall–Kier alpha value is -1.26. The van der Waals surface area contributed by atoms with Crippen molar-refractivity contribution >= 4 is 24.0 Å². The highest BCUT2D eigenvalue weighted by Crippen LogP contribution is 2.19. The molecule has 1 unspecified atom stereocenters. The molecule has 0 aliphatic carbocycles. The number of piperidine rings is 1. The van der Waals surface area contributed by atoms with E-state index in [1.165, 1.54) is 0 Å². The highest BCUT2D eigenvalue weighted by atomic mass is 35.5. The van der Waals surface area contributed by atoms with E-state index in [0.717, 1.165) is 32.5 Å². The SMILES string of the molecule is COCC1CCCN(C(=O)c2cccc(N)c2)C1.Cl. The lowest BCUT2D eigenvalue weighted by molar-refractivity contribution is 0.0571. The molecule has 0 aromatic heterocycles. The third kappa shape index (κ3) is 4.11. The van der Waals surface area contributed by atoms with Gasteiger partial charge in [-0.15, -0.1) is 12.4 Å². The normalized spacial score (nSPS) is 18.8. The minimum Gasteiger partial charge on any atom is -0.399 e. The standard InChI is InChI=1S/C14H20N2O2.ClH/c1-18-10-11-4-3-7-16(9-11)14(17)12-5-2-6-13(15)8-12;/h2,5-6,8,11H,3-4,7,9-10,15H2,1H3;1H. The number of hydrogen-bond donors (Lipinski definition) is 1. The van der Waals surface area contributed by atoms with E-state index >= 15 is 0 Å². The maximum absolute atomic E-state index is 12.3. The van der Waals surface area contributed by atoms with Crippen LogP contribution < -0.4 is 5.73 Å². The van der Waals surface area contributed by atoms with E-state index in [2.05, 4.69) is 0 Å². The summed E-state index contributed by atoms with van der Waals surface area (Å²) in [6.45, 7) is 2.33. The second-order valence-corrected chi connectivity index (χ2v) is 4.84. The molecule has 0 radical (unpaired) electrons. The predicted molar refractivity (Wildman–Crippen MR) is 78.6 cm³/mol. The van der Waals surface area contributed by atoms with Crippen molar-refractivity contribution in [2.45, 2.75) is 12.8 Å². The Morgan fingerprint density at radius 2 is 2.32 bits per heavy atom. The molecule has 2 rings (SSSR count). The van der Waals surface area contributed by atoms with Crippen LogP contribution in [0, 0.1) is 5.92 Å². The lowest BCUT2D eigenvalue weighted by Gasteiger charge is -2.32. The number of nitrogens with zero attached hydrogens (tertiary/aromatic N) is 1. The lowest BCUT2D eigenvalue weighted by Crippen LogP contribution is -2.41. The second kappa shape index (κ2) is 7.36. The van der Waals surface area contributed by atoms with E-state index < -0.39 is 0 Å². The van der Waals surface area contributed by atoms with Crippen LogP contribution in [0.4, 0.5) is 5.69 Å². The maximum Gasteiger partial charge on any atom is 0.253 e. The molecule has 0 spiro atoms. The summed E-state index contributed by atoms with van der Waals surface area (Å²) < 4.78 is 5.18. The number of amides is 1. The first-order valence-electron chi connectivity index (χ1n) is 6.34. The first kappa shape index (κ1) is 15.8. The van der Waals surface area contributed by atoms with Crippen LogP contribution >= 0.6 is 12.4 Å². The summed E-state index contributed by atoms with van der Waals surface area (Å²) in [7, 11) is 1.71. The summed E-state index contributed by atoms with van der Waals surface area (Å²) in [5.41, 5.74) is 7.02. The maximum atomic E-state index is 12.3. The van der Waals surface area contributed by atoms with Gasteiger partial charge in [-0.3, -0.25) is 4.79 Å². The van der Waals surface area contributed by atoms with Gasteiger partial charge in [0, 0.05) is 31.5 Å². The van der Waals surface area contributed by atoms with Crippen molar-refractivity contribution in [3.05, 3.63) is 29.8 Å². The zero-order chi connectivity index (χ0) is 13.0. The van der Waals surface area contributed by atoms with Crippen LogP contribution in [0.1, 0.15) is 23.2 Å². The Morgan fingerprint density at radius 3 is 3.00 bits per heavy atom. The first-order valence-corrected chi connectivity index (χ1v) is 6.34. The molecule has 1 aromatic rings. The summed E-state index contributed by atoms with van der Waals surface area (Å²) in [4.78, 5) is 14.2. The molecule has 19 heavy (non-hydrogen) atoms. The molecule has 1 aromatic carbocycles. The van der Waals surface area contributed by atoms with Gasteiger partial charge in [0.25, 0.3) is 5.91 Å². The number of likely N-dealkylation sites (tertiary alicyclic amines) is 1. The third-order valence-electron chi connectivity index (χ3n) is 3.34. The molecule has 106 valence electrons. The van der Waals surface area contributed by atoms with Gasteiger partial charge >= 0.3 is 0 Å². The first-order chi connectivity index (χ1) is 8.70. The number of halogens is 1. The molecule has 0 bridgehead atoms. The number of anilines is 1. The minimum absolute atomic E-state index is 0. The van der Waals surface area contributed by atoms with Crippen molar-refractivity contribution in [3.63, 3.8) is 0 Å². The average Bonchev–Trinajstić information content (AvgIpc) is 2.39. The van der Waals surface area contributed by atoms with Gasteiger partial charge in [0.2, 0.25) is 0 Å². The van der Waals surface area contributed by atoms with Crippen LogP contribution in [-0.4, -0.2) is 37.6 Å². The molecular weight excluding hydrogens is 264 g/mol. The van der Waals surface area contributed by atoms with Gasteiger partial charge in [-0.1, -0.05) is 6.07 Å². The zero-order valence-corrected chi connectivity index (χ0v) is 12.0. The summed E-state index contributed by atoms with van der Waals surface area (Å²) in [5.74, 6) is 0.525. The van der Waals surface area contributed by atoms with Crippen LogP contribution in [0.2, 0.25) is 0 Å². The molecule has 1 heterocycles. The number of carbonyl (C=O) groups excluding carboxylic acids is 1. The van der Waals surface area contributed by atoms with Crippen molar-refractivity contribution in [3.8, 4) is 0 Å². The molecule has 1 atom stereocenters. The van der Waals surface area contributed by atoms with Crippen LogP contribution in [0.25, 0.3) is 0 Å². The van der Waals surface area contributed by atoms with E-state index in [0.29, 0.717) is 17.2 Å². The molecule has 1 aliphatic rings. The molecule has 5 heteroatoms. The summed E-state index contributed by atoms with van der Waals surface area (Å²) in [6, 6.07) is 7.17. The van der Waals surface area contributed by atoms with Crippen LogP contribution in [0.3, 0.4) is 0 Å². The van der Waals surface area contributed by atoms with E-state index in [4.69, 9.17) is 10.5 Å². The fraction of sp³-hybridized carbons (Fsp3) is 0.500. The lowest BCUT2D eigenvalue weighted by atomic mass is 9.98. The third-order valence-corrected chi connectivity index (χ3v) is 3.34. The molecule has 1 amide bonds. The molecule has 1 saturated heterocycles. The largest absolute Gasteiger partial charge is 0.399 e. The van der Waals surface area contributed by atoms with Crippen LogP contribution in [0.5, 0.6) is 0 Å². The second-order valence-electron chi connectivity index (χ2n) is 4.84. The van der Waals surface area contributed by atoms with E-state index in [1.807, 2.05) is 17.0 Å². The van der Waals surface area contributed by atoms with Crippen molar-refractivity contribution in [1.29, 1.82) is 0 Å². The predicted octanol–water partition coefficient (Wildman–Crippen LogP) is 2.19. The number of nitrogen functional groups attached to an aromatic ring is 1. The average molecular weight is 285 g/mol. The van der Waals surface area contributed by atoms with Crippen molar-refractivity contribution in [1.82, 2.24) is 4.90 Å².